The van der Waals surface area contributed by atoms with Gasteiger partial charge in [0.1, 0.15) is 5.75 Å². The van der Waals surface area contributed by atoms with E-state index in [9.17, 15) is 4.79 Å². The number of carbonyl (C=O) groups excluding carboxylic acids is 1. The summed E-state index contributed by atoms with van der Waals surface area (Å²) < 4.78 is 10.7. The maximum absolute atomic E-state index is 12.6. The lowest BCUT2D eigenvalue weighted by atomic mass is 10.1. The van der Waals surface area contributed by atoms with Gasteiger partial charge in [-0.25, -0.2) is 4.98 Å². The Morgan fingerprint density at radius 3 is 2.83 bits per heavy atom. The van der Waals surface area contributed by atoms with Gasteiger partial charge in [0.05, 0.1) is 7.11 Å². The summed E-state index contributed by atoms with van der Waals surface area (Å²) in [6, 6.07) is 15.0. The van der Waals surface area contributed by atoms with Crippen LogP contribution in [0.2, 0.25) is 0 Å². The highest BCUT2D eigenvalue weighted by atomic mass is 16.5. The first-order valence-electron chi connectivity index (χ1n) is 7.70. The Morgan fingerprint density at radius 2 is 2.04 bits per heavy atom. The fraction of sp³-hybridized carbons (Fsp3) is 0.158. The second-order valence-corrected chi connectivity index (χ2v) is 5.23. The second-order valence-electron chi connectivity index (χ2n) is 5.23. The number of aryl methyl sites for hydroxylation is 1. The molecule has 3 aromatic rings. The van der Waals surface area contributed by atoms with Crippen LogP contribution in [0.1, 0.15) is 23.0 Å². The summed E-state index contributed by atoms with van der Waals surface area (Å²) in [5.41, 5.74) is 2.83. The Morgan fingerprint density at radius 1 is 1.21 bits per heavy atom. The topological polar surface area (TPSA) is 64.4 Å². The van der Waals surface area contributed by atoms with Crippen LogP contribution in [0.15, 0.2) is 59.3 Å². The van der Waals surface area contributed by atoms with Crippen molar-refractivity contribution in [1.29, 1.82) is 0 Å². The average Bonchev–Trinajstić information content (AvgIpc) is 3.12. The summed E-state index contributed by atoms with van der Waals surface area (Å²) in [5.74, 6) is 0.800. The van der Waals surface area contributed by atoms with Crippen molar-refractivity contribution >= 4 is 11.6 Å². The number of oxazole rings is 1. The monoisotopic (exact) mass is 322 g/mol. The van der Waals surface area contributed by atoms with Crippen molar-refractivity contribution in [2.24, 2.45) is 0 Å². The molecule has 2 aromatic carbocycles. The number of rotatable bonds is 5. The predicted molar refractivity (Wildman–Crippen MR) is 92.3 cm³/mol. The molecular formula is C19H18N2O3. The zero-order valence-corrected chi connectivity index (χ0v) is 13.6. The molecule has 0 saturated carbocycles. The minimum atomic E-state index is -0.303. The molecule has 24 heavy (non-hydrogen) atoms. The molecule has 1 heterocycles. The quantitative estimate of drug-likeness (QED) is 0.766. The molecule has 0 bridgehead atoms. The number of anilines is 1. The average molecular weight is 322 g/mol. The molecule has 0 atom stereocenters. The van der Waals surface area contributed by atoms with Crippen LogP contribution >= 0.6 is 0 Å². The number of nitrogens with zero attached hydrogens (tertiary/aromatic N) is 1. The van der Waals surface area contributed by atoms with E-state index in [0.717, 1.165) is 23.2 Å². The molecule has 0 radical (unpaired) electrons. The standard InChI is InChI=1S/C19H18N2O3/c1-3-13-7-4-5-10-16(13)21-19(22)17-18(24-12-20-17)14-8-6-9-15(11-14)23-2/h4-12H,3H2,1-2H3,(H,21,22). The summed E-state index contributed by atoms with van der Waals surface area (Å²) >= 11 is 0. The number of nitrogens with one attached hydrogen (secondary N) is 1. The minimum Gasteiger partial charge on any atom is -0.497 e. The maximum atomic E-state index is 12.6. The zero-order valence-electron chi connectivity index (χ0n) is 13.6. The molecule has 0 saturated heterocycles. The van der Waals surface area contributed by atoms with Crippen molar-refractivity contribution in [3.63, 3.8) is 0 Å². The molecule has 1 N–H and O–H groups in total. The Bertz CT molecular complexity index is 855. The van der Waals surface area contributed by atoms with E-state index in [1.54, 1.807) is 13.2 Å². The van der Waals surface area contributed by atoms with Crippen LogP contribution in [-0.4, -0.2) is 18.0 Å². The Labute approximate surface area is 140 Å². The fourth-order valence-electron chi connectivity index (χ4n) is 2.51. The first-order valence-corrected chi connectivity index (χ1v) is 7.70. The van der Waals surface area contributed by atoms with Crippen LogP contribution in [0.4, 0.5) is 5.69 Å². The lowest BCUT2D eigenvalue weighted by Crippen LogP contribution is -2.14. The van der Waals surface area contributed by atoms with E-state index in [0.29, 0.717) is 11.5 Å². The van der Waals surface area contributed by atoms with Crippen molar-refractivity contribution in [3.8, 4) is 17.1 Å². The number of aromatic nitrogens is 1. The van der Waals surface area contributed by atoms with Gasteiger partial charge in [0.15, 0.2) is 17.8 Å². The van der Waals surface area contributed by atoms with Crippen LogP contribution in [0.5, 0.6) is 5.75 Å². The summed E-state index contributed by atoms with van der Waals surface area (Å²) in [7, 11) is 1.59. The van der Waals surface area contributed by atoms with Crippen LogP contribution in [0.25, 0.3) is 11.3 Å². The van der Waals surface area contributed by atoms with E-state index < -0.39 is 0 Å². The van der Waals surface area contributed by atoms with E-state index in [2.05, 4.69) is 10.3 Å². The highest BCUT2D eigenvalue weighted by Crippen LogP contribution is 2.27. The van der Waals surface area contributed by atoms with Gasteiger partial charge in [0, 0.05) is 11.3 Å². The van der Waals surface area contributed by atoms with E-state index >= 15 is 0 Å². The molecule has 0 aliphatic rings. The summed E-state index contributed by atoms with van der Waals surface area (Å²) in [5, 5.41) is 2.91. The summed E-state index contributed by atoms with van der Waals surface area (Å²) in [6.07, 6.45) is 2.10. The number of carbonyl (C=O) groups is 1. The molecule has 0 aliphatic carbocycles. The molecule has 122 valence electrons. The van der Waals surface area contributed by atoms with Crippen molar-refractivity contribution in [1.82, 2.24) is 4.98 Å². The molecular weight excluding hydrogens is 304 g/mol. The highest BCUT2D eigenvalue weighted by molar-refractivity contribution is 6.06. The van der Waals surface area contributed by atoms with Crippen LogP contribution < -0.4 is 10.1 Å². The zero-order chi connectivity index (χ0) is 16.9. The van der Waals surface area contributed by atoms with Gasteiger partial charge in [-0.05, 0) is 30.2 Å². The second kappa shape index (κ2) is 7.00. The molecule has 0 fully saturated rings. The number of para-hydroxylation sites is 1. The first kappa shape index (κ1) is 15.8. The normalized spacial score (nSPS) is 10.4. The molecule has 1 aromatic heterocycles. The van der Waals surface area contributed by atoms with Crippen molar-refractivity contribution in [2.75, 3.05) is 12.4 Å². The van der Waals surface area contributed by atoms with Crippen LogP contribution in [-0.2, 0) is 6.42 Å². The molecule has 3 rings (SSSR count). The molecule has 5 nitrogen and oxygen atoms in total. The van der Waals surface area contributed by atoms with Gasteiger partial charge in [0.2, 0.25) is 0 Å². The number of hydrogen-bond acceptors (Lipinski definition) is 4. The van der Waals surface area contributed by atoms with Crippen LogP contribution in [0.3, 0.4) is 0 Å². The fourth-order valence-corrected chi connectivity index (χ4v) is 2.51. The van der Waals surface area contributed by atoms with Crippen molar-refractivity contribution in [3.05, 3.63) is 66.2 Å². The Kier molecular flexibility index (Phi) is 4.61. The molecule has 0 spiro atoms. The molecule has 0 unspecified atom stereocenters. The van der Waals surface area contributed by atoms with Gasteiger partial charge in [-0.2, -0.15) is 0 Å². The number of benzene rings is 2. The number of ether oxygens (including phenoxy) is 1. The third kappa shape index (κ3) is 3.15. The minimum absolute atomic E-state index is 0.245. The molecule has 0 aliphatic heterocycles. The van der Waals surface area contributed by atoms with Crippen LogP contribution in [0, 0.1) is 0 Å². The highest BCUT2D eigenvalue weighted by Gasteiger charge is 2.19. The SMILES string of the molecule is CCc1ccccc1NC(=O)c1ncoc1-c1cccc(OC)c1. The number of hydrogen-bond donors (Lipinski definition) is 1. The van der Waals surface area contributed by atoms with Gasteiger partial charge in [-0.15, -0.1) is 0 Å². The van der Waals surface area contributed by atoms with E-state index in [1.807, 2.05) is 49.4 Å². The number of amides is 1. The lowest BCUT2D eigenvalue weighted by Gasteiger charge is -2.09. The third-order valence-corrected chi connectivity index (χ3v) is 3.76. The van der Waals surface area contributed by atoms with E-state index in [-0.39, 0.29) is 11.6 Å². The predicted octanol–water partition coefficient (Wildman–Crippen LogP) is 4.16. The maximum Gasteiger partial charge on any atom is 0.278 e. The van der Waals surface area contributed by atoms with Gasteiger partial charge in [-0.3, -0.25) is 4.79 Å². The van der Waals surface area contributed by atoms with Gasteiger partial charge in [0.25, 0.3) is 5.91 Å². The largest absolute Gasteiger partial charge is 0.497 e. The summed E-state index contributed by atoms with van der Waals surface area (Å²) in [6.45, 7) is 2.04. The molecule has 5 heteroatoms. The Hall–Kier alpha value is -3.08. The van der Waals surface area contributed by atoms with Gasteiger partial charge < -0.3 is 14.5 Å². The van der Waals surface area contributed by atoms with E-state index in [4.69, 9.17) is 9.15 Å². The van der Waals surface area contributed by atoms with Crippen molar-refractivity contribution in [2.45, 2.75) is 13.3 Å². The lowest BCUT2D eigenvalue weighted by molar-refractivity contribution is 0.102. The molecule has 1 amide bonds. The number of methoxy groups -OCH3 is 1. The van der Waals surface area contributed by atoms with Gasteiger partial charge in [-0.1, -0.05) is 37.3 Å². The smallest absolute Gasteiger partial charge is 0.278 e. The van der Waals surface area contributed by atoms with Crippen molar-refractivity contribution < 1.29 is 13.9 Å². The Balaban J connectivity index is 1.90. The first-order chi connectivity index (χ1) is 11.7. The van der Waals surface area contributed by atoms with Gasteiger partial charge >= 0.3 is 0 Å². The summed E-state index contributed by atoms with van der Waals surface area (Å²) in [4.78, 5) is 16.7. The third-order valence-electron chi connectivity index (χ3n) is 3.76. The van der Waals surface area contributed by atoms with E-state index in [1.165, 1.54) is 6.39 Å².